The van der Waals surface area contributed by atoms with E-state index < -0.39 is 30.2 Å². The van der Waals surface area contributed by atoms with E-state index in [1.54, 1.807) is 18.2 Å². The molecule has 0 spiro atoms. The monoisotopic (exact) mass is 263 g/mol. The number of hydrogen-bond donors (Lipinski definition) is 3. The van der Waals surface area contributed by atoms with Crippen molar-refractivity contribution in [3.63, 3.8) is 0 Å². The van der Waals surface area contributed by atoms with E-state index >= 15 is 0 Å². The van der Waals surface area contributed by atoms with E-state index in [4.69, 9.17) is 16.6 Å². The Balaban J connectivity index is 2.34. The van der Waals surface area contributed by atoms with Gasteiger partial charge in [0.15, 0.2) is 0 Å². The molecular formula is C12H13N3O4. The Morgan fingerprint density at radius 1 is 1.42 bits per heavy atom. The molecule has 0 fully saturated rings. The maximum absolute atomic E-state index is 12.1. The fourth-order valence-electron chi connectivity index (χ4n) is 2.15. The molecule has 0 saturated heterocycles. The molecule has 5 N–H and O–H groups in total. The number of primary amides is 1. The van der Waals surface area contributed by atoms with Crippen LogP contribution in [0.4, 0.5) is 5.69 Å². The summed E-state index contributed by atoms with van der Waals surface area (Å²) in [5.74, 6) is -2.49. The Labute approximate surface area is 108 Å². The van der Waals surface area contributed by atoms with Crippen molar-refractivity contribution in [2.45, 2.75) is 19.0 Å². The average molecular weight is 263 g/mol. The van der Waals surface area contributed by atoms with Gasteiger partial charge in [-0.2, -0.15) is 0 Å². The van der Waals surface area contributed by atoms with E-state index in [2.05, 4.69) is 0 Å². The first-order valence-electron chi connectivity index (χ1n) is 5.61. The van der Waals surface area contributed by atoms with Crippen molar-refractivity contribution in [2.24, 2.45) is 5.73 Å². The van der Waals surface area contributed by atoms with Crippen molar-refractivity contribution >= 4 is 23.5 Å². The Kier molecular flexibility index (Phi) is 3.12. The number of carbonyl (C=O) groups is 3. The number of anilines is 1. The van der Waals surface area contributed by atoms with E-state index in [0.717, 1.165) is 4.90 Å². The lowest BCUT2D eigenvalue weighted by Gasteiger charge is -2.23. The highest BCUT2D eigenvalue weighted by Gasteiger charge is 2.37. The molecule has 1 aromatic carbocycles. The second-order valence-corrected chi connectivity index (χ2v) is 4.33. The van der Waals surface area contributed by atoms with Crippen LogP contribution in [0.15, 0.2) is 18.2 Å². The van der Waals surface area contributed by atoms with Crippen molar-refractivity contribution in [1.29, 1.82) is 0 Å². The van der Waals surface area contributed by atoms with Gasteiger partial charge in [0.2, 0.25) is 5.91 Å². The van der Waals surface area contributed by atoms with Crippen LogP contribution in [0, 0.1) is 0 Å². The zero-order chi connectivity index (χ0) is 14.2. The molecule has 2 rings (SSSR count). The first-order chi connectivity index (χ1) is 8.91. The molecule has 0 aliphatic carbocycles. The summed E-state index contributed by atoms with van der Waals surface area (Å²) in [5, 5.41) is 9.12. The molecule has 1 aliphatic rings. The van der Waals surface area contributed by atoms with Gasteiger partial charge in [-0.05, 0) is 12.1 Å². The van der Waals surface area contributed by atoms with Crippen LogP contribution in [0.5, 0.6) is 0 Å². The highest BCUT2D eigenvalue weighted by atomic mass is 16.4. The van der Waals surface area contributed by atoms with Gasteiger partial charge in [0.25, 0.3) is 5.91 Å². The molecule has 1 unspecified atom stereocenters. The van der Waals surface area contributed by atoms with Crippen molar-refractivity contribution < 1.29 is 19.5 Å². The number of nitrogen functional groups attached to an aromatic ring is 1. The smallest absolute Gasteiger partial charge is 0.326 e. The predicted octanol–water partition coefficient (Wildman–Crippen LogP) is -0.447. The van der Waals surface area contributed by atoms with Crippen LogP contribution in [0.3, 0.4) is 0 Å². The van der Waals surface area contributed by atoms with E-state index in [0.29, 0.717) is 16.8 Å². The van der Waals surface area contributed by atoms with Gasteiger partial charge >= 0.3 is 5.97 Å². The molecule has 0 radical (unpaired) electrons. The molecule has 1 aromatic rings. The maximum atomic E-state index is 12.1. The number of aliphatic carboxylic acids is 1. The molecule has 7 heteroatoms. The van der Waals surface area contributed by atoms with Crippen molar-refractivity contribution in [3.8, 4) is 0 Å². The van der Waals surface area contributed by atoms with E-state index in [9.17, 15) is 14.4 Å². The summed E-state index contributed by atoms with van der Waals surface area (Å²) in [5.41, 5.74) is 12.2. The molecule has 1 heterocycles. The van der Waals surface area contributed by atoms with Crippen molar-refractivity contribution in [1.82, 2.24) is 4.90 Å². The summed E-state index contributed by atoms with van der Waals surface area (Å²) < 4.78 is 0. The summed E-state index contributed by atoms with van der Waals surface area (Å²) in [6, 6.07) is 3.58. The third-order valence-electron chi connectivity index (χ3n) is 3.09. The van der Waals surface area contributed by atoms with Gasteiger partial charge in [0.05, 0.1) is 6.42 Å². The molecule has 7 nitrogen and oxygen atoms in total. The summed E-state index contributed by atoms with van der Waals surface area (Å²) in [4.78, 5) is 35.3. The number of rotatable bonds is 4. The number of hydrogen-bond acceptors (Lipinski definition) is 4. The number of carboxylic acid groups (broad SMARTS) is 1. The fraction of sp³-hybridized carbons (Fsp3) is 0.250. The topological polar surface area (TPSA) is 127 Å². The van der Waals surface area contributed by atoms with Crippen LogP contribution < -0.4 is 11.5 Å². The highest BCUT2D eigenvalue weighted by Crippen LogP contribution is 2.29. The van der Waals surface area contributed by atoms with Crippen LogP contribution in [0.2, 0.25) is 0 Å². The van der Waals surface area contributed by atoms with Crippen molar-refractivity contribution in [2.75, 3.05) is 5.73 Å². The number of nitrogens with two attached hydrogens (primary N) is 2. The third-order valence-corrected chi connectivity index (χ3v) is 3.09. The van der Waals surface area contributed by atoms with Gasteiger partial charge < -0.3 is 21.5 Å². The molecule has 0 saturated carbocycles. The molecule has 19 heavy (non-hydrogen) atoms. The van der Waals surface area contributed by atoms with Gasteiger partial charge in [0, 0.05) is 23.4 Å². The Morgan fingerprint density at radius 3 is 2.63 bits per heavy atom. The number of fused-ring (bicyclic) bond motifs is 1. The number of carbonyl (C=O) groups excluding carboxylic acids is 2. The zero-order valence-corrected chi connectivity index (χ0v) is 10.00. The summed E-state index contributed by atoms with van der Waals surface area (Å²) >= 11 is 0. The Bertz CT molecular complexity index is 570. The molecule has 1 aliphatic heterocycles. The van der Waals surface area contributed by atoms with Crippen LogP contribution >= 0.6 is 0 Å². The maximum Gasteiger partial charge on any atom is 0.326 e. The first kappa shape index (κ1) is 12.9. The van der Waals surface area contributed by atoms with Gasteiger partial charge in [-0.3, -0.25) is 9.59 Å². The summed E-state index contributed by atoms with van der Waals surface area (Å²) in [6.07, 6.45) is -0.422. The lowest BCUT2D eigenvalue weighted by Crippen LogP contribution is -2.43. The van der Waals surface area contributed by atoms with E-state index in [-0.39, 0.29) is 6.54 Å². The predicted molar refractivity (Wildman–Crippen MR) is 66.0 cm³/mol. The Morgan fingerprint density at radius 2 is 2.11 bits per heavy atom. The normalized spacial score (nSPS) is 15.2. The molecule has 2 amide bonds. The quantitative estimate of drug-likeness (QED) is 0.634. The van der Waals surface area contributed by atoms with E-state index in [1.807, 2.05) is 0 Å². The minimum atomic E-state index is -1.27. The van der Waals surface area contributed by atoms with Gasteiger partial charge in [-0.25, -0.2) is 4.79 Å². The number of nitrogens with zero attached hydrogens (tertiary/aromatic N) is 1. The first-order valence-corrected chi connectivity index (χ1v) is 5.61. The lowest BCUT2D eigenvalue weighted by atomic mass is 10.1. The molecule has 0 aromatic heterocycles. The zero-order valence-electron chi connectivity index (χ0n) is 10.00. The van der Waals surface area contributed by atoms with Gasteiger partial charge in [0.1, 0.15) is 6.04 Å². The Hall–Kier alpha value is -2.57. The highest BCUT2D eigenvalue weighted by molar-refractivity contribution is 6.02. The second kappa shape index (κ2) is 4.60. The average Bonchev–Trinajstić information content (AvgIpc) is 2.65. The number of benzene rings is 1. The number of amides is 2. The third kappa shape index (κ3) is 2.22. The van der Waals surface area contributed by atoms with Crippen LogP contribution in [-0.2, 0) is 16.1 Å². The van der Waals surface area contributed by atoms with Gasteiger partial charge in [-0.15, -0.1) is 0 Å². The molecule has 100 valence electrons. The minimum absolute atomic E-state index is 0.0745. The summed E-state index contributed by atoms with van der Waals surface area (Å²) in [7, 11) is 0. The van der Waals surface area contributed by atoms with Crippen LogP contribution in [0.1, 0.15) is 22.3 Å². The molecule has 0 bridgehead atoms. The standard InChI is InChI=1S/C12H13N3O4/c13-8-3-1-2-6-7(8)5-15(11(6)17)9(12(18)19)4-10(14)16/h1-3,9H,4-5,13H2,(H2,14,16)(H,18,19). The summed E-state index contributed by atoms with van der Waals surface area (Å²) in [6.45, 7) is 0.0745. The SMILES string of the molecule is NC(=O)CC(C(=O)O)N1Cc2c(N)cccc2C1=O. The van der Waals surface area contributed by atoms with E-state index in [1.165, 1.54) is 0 Å². The van der Waals surface area contributed by atoms with Crippen molar-refractivity contribution in [3.05, 3.63) is 29.3 Å². The molecular weight excluding hydrogens is 250 g/mol. The molecule has 1 atom stereocenters. The van der Waals surface area contributed by atoms with Crippen LogP contribution in [-0.4, -0.2) is 33.8 Å². The number of carboxylic acids is 1. The second-order valence-electron chi connectivity index (χ2n) is 4.33. The lowest BCUT2D eigenvalue weighted by molar-refractivity contribution is -0.144. The van der Waals surface area contributed by atoms with Crippen LogP contribution in [0.25, 0.3) is 0 Å². The fourth-order valence-corrected chi connectivity index (χ4v) is 2.15. The minimum Gasteiger partial charge on any atom is -0.480 e. The largest absolute Gasteiger partial charge is 0.480 e. The van der Waals surface area contributed by atoms with Gasteiger partial charge in [-0.1, -0.05) is 6.07 Å².